The quantitative estimate of drug-likeness (QED) is 0.622. The molecule has 4 heteroatoms. The average molecular weight is 329 g/mol. The van der Waals surface area contributed by atoms with Crippen molar-refractivity contribution in [2.45, 2.75) is 68.0 Å². The number of ether oxygens (including phenoxy) is 2. The predicted octanol–water partition coefficient (Wildman–Crippen LogP) is 2.42. The van der Waals surface area contributed by atoms with E-state index in [1.54, 1.807) is 12.2 Å². The van der Waals surface area contributed by atoms with Gasteiger partial charge in [0.05, 0.1) is 30.5 Å². The number of fused-ring (bicyclic) bond motifs is 1. The van der Waals surface area contributed by atoms with Gasteiger partial charge in [-0.05, 0) is 18.9 Å². The van der Waals surface area contributed by atoms with Gasteiger partial charge in [-0.15, -0.1) is 6.42 Å². The van der Waals surface area contributed by atoms with Gasteiger partial charge in [-0.1, -0.05) is 34.9 Å². The monoisotopic (exact) mass is 328 g/mol. The first-order valence-corrected chi connectivity index (χ1v) is 7.81. The molecule has 0 bridgehead atoms. The van der Waals surface area contributed by atoms with Crippen LogP contribution in [0.2, 0.25) is 0 Å². The summed E-state index contributed by atoms with van der Waals surface area (Å²) < 4.78 is 11.9. The Kier molecular flexibility index (Phi) is 5.47. The van der Waals surface area contributed by atoms with Crippen LogP contribution in [-0.4, -0.2) is 40.5 Å². The Morgan fingerprint density at radius 2 is 2.00 bits per heavy atom. The van der Waals surface area contributed by atoms with Crippen LogP contribution < -0.4 is 0 Å². The van der Waals surface area contributed by atoms with Crippen molar-refractivity contribution in [3.05, 3.63) is 12.2 Å². The van der Waals surface area contributed by atoms with Crippen LogP contribution in [0.3, 0.4) is 0 Å². The molecule has 2 rings (SSSR count). The van der Waals surface area contributed by atoms with Crippen molar-refractivity contribution in [3.8, 4) is 12.3 Å². The smallest absolute Gasteiger partial charge is 0.0868 e. The lowest BCUT2D eigenvalue weighted by Crippen LogP contribution is -2.28. The normalized spacial score (nSPS) is 37.2. The first kappa shape index (κ1) is 15.1. The molecule has 6 atom stereocenters. The van der Waals surface area contributed by atoms with E-state index in [4.69, 9.17) is 15.9 Å². The number of terminal acetylenes is 1. The Bertz CT molecular complexity index is 349. The largest absolute Gasteiger partial charge is 0.390 e. The number of allylic oxidation sites excluding steroid dienone is 1. The summed E-state index contributed by atoms with van der Waals surface area (Å²) in [5.74, 6) is 2.42. The number of alkyl halides is 1. The molecular weight excluding hydrogens is 308 g/mol. The highest BCUT2D eigenvalue weighted by molar-refractivity contribution is 9.09. The van der Waals surface area contributed by atoms with Gasteiger partial charge in [0.15, 0.2) is 0 Å². The Balaban J connectivity index is 1.81. The number of hydrogen-bond acceptors (Lipinski definition) is 3. The molecule has 0 saturated carbocycles. The van der Waals surface area contributed by atoms with E-state index >= 15 is 0 Å². The van der Waals surface area contributed by atoms with E-state index in [0.717, 1.165) is 19.3 Å². The molecule has 0 aliphatic carbocycles. The summed E-state index contributed by atoms with van der Waals surface area (Å²) in [4.78, 5) is 0.392. The summed E-state index contributed by atoms with van der Waals surface area (Å²) in [6.45, 7) is 2.14. The molecule has 0 spiro atoms. The Labute approximate surface area is 123 Å². The van der Waals surface area contributed by atoms with Crippen molar-refractivity contribution < 1.29 is 14.6 Å². The Morgan fingerprint density at radius 3 is 2.63 bits per heavy atom. The molecule has 2 heterocycles. The maximum absolute atomic E-state index is 10.0. The zero-order valence-electron chi connectivity index (χ0n) is 11.2. The molecule has 0 aromatic rings. The lowest BCUT2D eigenvalue weighted by molar-refractivity contribution is -0.0330. The zero-order valence-corrected chi connectivity index (χ0v) is 12.8. The maximum atomic E-state index is 10.0. The number of hydrogen-bond donors (Lipinski definition) is 1. The Hall–Kier alpha value is -0.340. The van der Waals surface area contributed by atoms with E-state index in [-0.39, 0.29) is 24.4 Å². The molecule has 0 radical (unpaired) electrons. The van der Waals surface area contributed by atoms with Crippen LogP contribution in [0.15, 0.2) is 12.2 Å². The molecular formula is C15H21BrO3. The van der Waals surface area contributed by atoms with Crippen molar-refractivity contribution in [1.29, 1.82) is 0 Å². The van der Waals surface area contributed by atoms with Crippen molar-refractivity contribution >= 4 is 15.9 Å². The van der Waals surface area contributed by atoms with Crippen LogP contribution in [0, 0.1) is 12.3 Å². The van der Waals surface area contributed by atoms with Gasteiger partial charge in [0, 0.05) is 17.7 Å². The minimum atomic E-state index is -0.497. The van der Waals surface area contributed by atoms with Gasteiger partial charge in [0.1, 0.15) is 0 Å². The van der Waals surface area contributed by atoms with Gasteiger partial charge in [-0.2, -0.15) is 0 Å². The number of rotatable bonds is 5. The summed E-state index contributed by atoms with van der Waals surface area (Å²) in [7, 11) is 0. The van der Waals surface area contributed by atoms with Crippen molar-refractivity contribution in [1.82, 2.24) is 0 Å². The number of halogens is 1. The molecule has 0 aromatic carbocycles. The molecule has 1 N–H and O–H groups in total. The molecule has 2 aliphatic heterocycles. The van der Waals surface area contributed by atoms with Gasteiger partial charge in [-0.3, -0.25) is 0 Å². The first-order chi connectivity index (χ1) is 9.15. The SMILES string of the molecule is C#CC=CC[C@@H](O)[C@H]1C[C@@H]2O[C@@H]([C@@H](Br)CC)C[C@@H]2O1. The lowest BCUT2D eigenvalue weighted by atomic mass is 10.0. The zero-order chi connectivity index (χ0) is 13.8. The highest BCUT2D eigenvalue weighted by Crippen LogP contribution is 2.38. The van der Waals surface area contributed by atoms with E-state index in [9.17, 15) is 5.11 Å². The maximum Gasteiger partial charge on any atom is 0.0868 e. The second-order valence-corrected chi connectivity index (χ2v) is 6.37. The van der Waals surface area contributed by atoms with Crippen LogP contribution >= 0.6 is 15.9 Å². The summed E-state index contributed by atoms with van der Waals surface area (Å²) in [6.07, 6.45) is 11.7. The fourth-order valence-corrected chi connectivity index (χ4v) is 3.12. The highest BCUT2D eigenvalue weighted by atomic mass is 79.9. The third-order valence-corrected chi connectivity index (χ3v) is 5.09. The summed E-state index contributed by atoms with van der Waals surface area (Å²) >= 11 is 3.64. The third kappa shape index (κ3) is 3.61. The topological polar surface area (TPSA) is 38.7 Å². The standard InChI is InChI=1S/C15H21BrO3/c1-3-5-6-7-11(17)13-9-15-14(19-13)8-12(18-15)10(16)4-2/h1,5-6,10-15,17H,4,7-9H2,2H3/t10-,11+,12+,13+,14-,15-/m0/s1. The van der Waals surface area contributed by atoms with Gasteiger partial charge in [0.25, 0.3) is 0 Å². The van der Waals surface area contributed by atoms with Crippen molar-refractivity contribution in [2.75, 3.05) is 0 Å². The Morgan fingerprint density at radius 1 is 1.37 bits per heavy atom. The third-order valence-electron chi connectivity index (χ3n) is 3.86. The summed E-state index contributed by atoms with van der Waals surface area (Å²) in [5, 5.41) is 10.0. The molecule has 2 fully saturated rings. The van der Waals surface area contributed by atoms with Crippen molar-refractivity contribution in [2.24, 2.45) is 0 Å². The predicted molar refractivity (Wildman–Crippen MR) is 78.2 cm³/mol. The molecule has 0 unspecified atom stereocenters. The summed E-state index contributed by atoms with van der Waals surface area (Å²) in [5.41, 5.74) is 0. The van der Waals surface area contributed by atoms with Crippen LogP contribution in [0.4, 0.5) is 0 Å². The van der Waals surface area contributed by atoms with E-state index in [1.165, 1.54) is 0 Å². The molecule has 3 nitrogen and oxygen atoms in total. The second-order valence-electron chi connectivity index (χ2n) is 5.19. The highest BCUT2D eigenvalue weighted by Gasteiger charge is 2.46. The van der Waals surface area contributed by atoms with Gasteiger partial charge in [-0.25, -0.2) is 0 Å². The minimum absolute atomic E-state index is 0.131. The van der Waals surface area contributed by atoms with E-state index in [1.807, 2.05) is 0 Å². The lowest BCUT2D eigenvalue weighted by Gasteiger charge is -2.21. The van der Waals surface area contributed by atoms with Crippen LogP contribution in [0.25, 0.3) is 0 Å². The molecule has 2 saturated heterocycles. The fraction of sp³-hybridized carbons (Fsp3) is 0.733. The van der Waals surface area contributed by atoms with Crippen LogP contribution in [0.5, 0.6) is 0 Å². The fourth-order valence-electron chi connectivity index (χ4n) is 2.78. The molecule has 2 aliphatic rings. The molecule has 106 valence electrons. The van der Waals surface area contributed by atoms with Gasteiger partial charge >= 0.3 is 0 Å². The van der Waals surface area contributed by atoms with E-state index in [2.05, 4.69) is 28.8 Å². The van der Waals surface area contributed by atoms with Crippen molar-refractivity contribution in [3.63, 3.8) is 0 Å². The average Bonchev–Trinajstić information content (AvgIpc) is 2.96. The minimum Gasteiger partial charge on any atom is -0.390 e. The second kappa shape index (κ2) is 6.90. The first-order valence-electron chi connectivity index (χ1n) is 6.89. The van der Waals surface area contributed by atoms with E-state index in [0.29, 0.717) is 11.2 Å². The number of aliphatic hydroxyl groups is 1. The molecule has 0 amide bonds. The molecule has 0 aromatic heterocycles. The summed E-state index contributed by atoms with van der Waals surface area (Å²) in [6, 6.07) is 0. The van der Waals surface area contributed by atoms with Gasteiger partial charge < -0.3 is 14.6 Å². The van der Waals surface area contributed by atoms with E-state index < -0.39 is 6.10 Å². The van der Waals surface area contributed by atoms with Crippen LogP contribution in [0.1, 0.15) is 32.6 Å². The van der Waals surface area contributed by atoms with Gasteiger partial charge in [0.2, 0.25) is 0 Å². The molecule has 19 heavy (non-hydrogen) atoms. The number of aliphatic hydroxyl groups excluding tert-OH is 1. The van der Waals surface area contributed by atoms with Crippen LogP contribution in [-0.2, 0) is 9.47 Å².